The van der Waals surface area contributed by atoms with Crippen LogP contribution in [0.15, 0.2) is 56.3 Å². The lowest BCUT2D eigenvalue weighted by Gasteiger charge is -2.12. The second kappa shape index (κ2) is 7.07. The maximum absolute atomic E-state index is 13.5. The summed E-state index contributed by atoms with van der Waals surface area (Å²) in [6, 6.07) is 9.18. The number of phenols is 1. The summed E-state index contributed by atoms with van der Waals surface area (Å²) in [4.78, 5) is 23.8. The number of nitro groups is 1. The third-order valence-electron chi connectivity index (χ3n) is 5.65. The van der Waals surface area contributed by atoms with E-state index in [1.807, 2.05) is 6.92 Å². The van der Waals surface area contributed by atoms with E-state index in [2.05, 4.69) is 15.3 Å². The largest absolute Gasteiger partial charge is 0.504 e. The summed E-state index contributed by atoms with van der Waals surface area (Å²) in [6.07, 6.45) is 0. The predicted molar refractivity (Wildman–Crippen MR) is 121 cm³/mol. The van der Waals surface area contributed by atoms with E-state index in [0.717, 1.165) is 11.6 Å². The maximum atomic E-state index is 13.5. The van der Waals surface area contributed by atoms with Crippen LogP contribution in [0.1, 0.15) is 11.3 Å². The predicted octanol–water partition coefficient (Wildman–Crippen LogP) is 4.19. The van der Waals surface area contributed by atoms with Gasteiger partial charge >= 0.3 is 0 Å². The maximum Gasteiger partial charge on any atom is 0.297 e. The smallest absolute Gasteiger partial charge is 0.297 e. The van der Waals surface area contributed by atoms with Crippen LogP contribution in [0.5, 0.6) is 5.75 Å². The second-order valence-electron chi connectivity index (χ2n) is 7.78. The van der Waals surface area contributed by atoms with Crippen LogP contribution in [-0.4, -0.2) is 32.8 Å². The number of aromatic hydroxyl groups is 1. The first-order valence-corrected chi connectivity index (χ1v) is 11.2. The molecular formula is C21H15N5O7S. The van der Waals surface area contributed by atoms with Gasteiger partial charge in [-0.2, -0.15) is 8.42 Å². The molecule has 0 amide bonds. The quantitative estimate of drug-likeness (QED) is 0.195. The number of aromatic nitrogens is 2. The standard InChI is InChI=1S/C21H15N5O7S/c1-9-3-5-11(6-4-9)25-21(28)14(10(2)24-25)16-13(26(29)30)8-7-12-15(16)20(34(31,32)33)18-19(27)17(12)22-23-18/h3-8,24,27H,1-2H3,(H,31,32,33). The summed E-state index contributed by atoms with van der Waals surface area (Å²) in [5.41, 5.74) is -0.822. The molecule has 0 spiro atoms. The van der Waals surface area contributed by atoms with Crippen LogP contribution in [0, 0.1) is 24.0 Å². The number of benzene rings is 3. The number of hydrogen-bond donors (Lipinski definition) is 3. The molecule has 0 radical (unpaired) electrons. The van der Waals surface area contributed by atoms with E-state index >= 15 is 0 Å². The molecule has 0 atom stereocenters. The first kappa shape index (κ1) is 21.5. The number of H-pyrrole nitrogens is 1. The van der Waals surface area contributed by atoms with Gasteiger partial charge in [0, 0.05) is 22.5 Å². The van der Waals surface area contributed by atoms with E-state index in [-0.39, 0.29) is 33.3 Å². The van der Waals surface area contributed by atoms with Crippen LogP contribution in [0.4, 0.5) is 17.1 Å². The van der Waals surface area contributed by atoms with Gasteiger partial charge in [-0.05, 0) is 32.0 Å². The normalized spacial score (nSPS) is 12.6. The minimum Gasteiger partial charge on any atom is -0.504 e. The molecule has 34 heavy (non-hydrogen) atoms. The fourth-order valence-electron chi connectivity index (χ4n) is 4.16. The Morgan fingerprint density at radius 1 is 1.03 bits per heavy atom. The highest BCUT2D eigenvalue weighted by Gasteiger charge is 2.36. The number of nitro benzene ring substituents is 1. The lowest BCUT2D eigenvalue weighted by Crippen LogP contribution is -2.16. The number of aryl methyl sites for hydroxylation is 2. The molecule has 12 nitrogen and oxygen atoms in total. The van der Waals surface area contributed by atoms with Gasteiger partial charge < -0.3 is 5.11 Å². The molecule has 3 N–H and O–H groups in total. The Labute approximate surface area is 190 Å². The molecular weight excluding hydrogens is 466 g/mol. The highest BCUT2D eigenvalue weighted by Crippen LogP contribution is 2.55. The van der Waals surface area contributed by atoms with Gasteiger partial charge in [-0.3, -0.25) is 24.6 Å². The van der Waals surface area contributed by atoms with Crippen LogP contribution < -0.4 is 5.56 Å². The molecule has 2 bridgehead atoms. The van der Waals surface area contributed by atoms with Crippen LogP contribution in [-0.2, 0) is 10.1 Å². The molecule has 1 aliphatic heterocycles. The van der Waals surface area contributed by atoms with Crippen LogP contribution >= 0.6 is 0 Å². The van der Waals surface area contributed by atoms with Gasteiger partial charge in [-0.15, -0.1) is 10.2 Å². The topological polar surface area (TPSA) is 180 Å². The van der Waals surface area contributed by atoms with Gasteiger partial charge in [0.15, 0.2) is 11.4 Å². The van der Waals surface area contributed by atoms with Crippen LogP contribution in [0.2, 0.25) is 0 Å². The van der Waals surface area contributed by atoms with Gasteiger partial charge in [0.05, 0.1) is 21.7 Å². The molecule has 0 saturated heterocycles. The summed E-state index contributed by atoms with van der Waals surface area (Å²) < 4.78 is 35.9. The molecule has 172 valence electrons. The van der Waals surface area contributed by atoms with Crippen LogP contribution in [0.25, 0.3) is 27.6 Å². The number of hydrogen-bond acceptors (Lipinski definition) is 8. The third kappa shape index (κ3) is 2.94. The van der Waals surface area contributed by atoms with E-state index in [1.54, 1.807) is 24.3 Å². The lowest BCUT2D eigenvalue weighted by atomic mass is 9.95. The Bertz CT molecular complexity index is 1750. The molecule has 0 saturated carbocycles. The highest BCUT2D eigenvalue weighted by molar-refractivity contribution is 7.86. The van der Waals surface area contributed by atoms with E-state index in [0.29, 0.717) is 5.69 Å². The molecule has 5 rings (SSSR count). The molecule has 3 aromatic carbocycles. The molecule has 2 heterocycles. The zero-order valence-corrected chi connectivity index (χ0v) is 18.4. The summed E-state index contributed by atoms with van der Waals surface area (Å²) in [6.45, 7) is 3.38. The van der Waals surface area contributed by atoms with E-state index in [4.69, 9.17) is 0 Å². The average Bonchev–Trinajstić information content (AvgIpc) is 3.19. The third-order valence-corrected chi connectivity index (χ3v) is 6.56. The van der Waals surface area contributed by atoms with Crippen molar-refractivity contribution in [3.05, 3.63) is 68.1 Å². The van der Waals surface area contributed by atoms with Gasteiger partial charge in [0.1, 0.15) is 10.6 Å². The SMILES string of the molecule is Cc1ccc(-n2[nH]c(C)c(-c3c([N+](=O)[O-])ccc4c5c(O)c(c(S(=O)(=O)O)c34)N=N5)c2=O)cc1. The van der Waals surface area contributed by atoms with Crippen molar-refractivity contribution in [2.45, 2.75) is 18.7 Å². The van der Waals surface area contributed by atoms with Crippen molar-refractivity contribution in [1.82, 2.24) is 9.78 Å². The van der Waals surface area contributed by atoms with E-state index in [9.17, 15) is 33.0 Å². The molecule has 4 aromatic rings. The number of rotatable bonds is 4. The van der Waals surface area contributed by atoms with E-state index in [1.165, 1.54) is 17.7 Å². The fourth-order valence-corrected chi connectivity index (χ4v) is 5.01. The van der Waals surface area contributed by atoms with Gasteiger partial charge in [0.25, 0.3) is 21.4 Å². The van der Waals surface area contributed by atoms with Crippen molar-refractivity contribution in [2.24, 2.45) is 10.2 Å². The number of azo groups is 1. The summed E-state index contributed by atoms with van der Waals surface area (Å²) in [7, 11) is -5.07. The first-order valence-electron chi connectivity index (χ1n) is 9.79. The second-order valence-corrected chi connectivity index (χ2v) is 9.14. The molecule has 1 aromatic heterocycles. The number of nitrogens with zero attached hydrogens (tertiary/aromatic N) is 4. The molecule has 0 aliphatic carbocycles. The molecule has 0 unspecified atom stereocenters. The Hall–Kier alpha value is -4.36. The summed E-state index contributed by atoms with van der Waals surface area (Å²) >= 11 is 0. The van der Waals surface area contributed by atoms with Crippen molar-refractivity contribution in [2.75, 3.05) is 0 Å². The average molecular weight is 481 g/mol. The molecule has 13 heteroatoms. The number of aromatic amines is 1. The summed E-state index contributed by atoms with van der Waals surface area (Å²) in [5, 5.41) is 32.2. The summed E-state index contributed by atoms with van der Waals surface area (Å²) in [5.74, 6) is -0.595. The van der Waals surface area contributed by atoms with E-state index < -0.39 is 42.6 Å². The van der Waals surface area contributed by atoms with Crippen molar-refractivity contribution in [3.63, 3.8) is 0 Å². The van der Waals surface area contributed by atoms with Crippen molar-refractivity contribution < 1.29 is 23.0 Å². The zero-order chi connectivity index (χ0) is 24.5. The Morgan fingerprint density at radius 2 is 1.68 bits per heavy atom. The van der Waals surface area contributed by atoms with Crippen molar-refractivity contribution in [1.29, 1.82) is 0 Å². The minimum absolute atomic E-state index is 0.0300. The van der Waals surface area contributed by atoms with Gasteiger partial charge in [0.2, 0.25) is 0 Å². The first-order chi connectivity index (χ1) is 16.0. The van der Waals surface area contributed by atoms with Crippen molar-refractivity contribution >= 4 is 38.0 Å². The van der Waals surface area contributed by atoms with Gasteiger partial charge in [-0.1, -0.05) is 17.7 Å². The van der Waals surface area contributed by atoms with Crippen LogP contribution in [0.3, 0.4) is 0 Å². The number of phenolic OH excluding ortho intramolecular Hbond substituents is 1. The number of fused-ring (bicyclic) bond motifs is 4. The fraction of sp³-hybridized carbons (Fsp3) is 0.0952. The zero-order valence-electron chi connectivity index (χ0n) is 17.6. The lowest BCUT2D eigenvalue weighted by molar-refractivity contribution is -0.384. The molecule has 0 fully saturated rings. The van der Waals surface area contributed by atoms with Crippen molar-refractivity contribution in [3.8, 4) is 22.6 Å². The minimum atomic E-state index is -5.07. The number of nitrogens with one attached hydrogen (secondary N) is 1. The van der Waals surface area contributed by atoms with Gasteiger partial charge in [-0.25, -0.2) is 4.68 Å². The Kier molecular flexibility index (Phi) is 4.47. The monoisotopic (exact) mass is 481 g/mol. The Balaban J connectivity index is 1.98. The highest BCUT2D eigenvalue weighted by atomic mass is 32.2. The Morgan fingerprint density at radius 3 is 2.29 bits per heavy atom. The molecule has 1 aliphatic rings.